The van der Waals surface area contributed by atoms with Gasteiger partial charge in [-0.25, -0.2) is 0 Å². The Balaban J connectivity index is 2.59. The second kappa shape index (κ2) is 4.27. The molecule has 2 heteroatoms. The summed E-state index contributed by atoms with van der Waals surface area (Å²) in [4.78, 5) is 0. The highest BCUT2D eigenvalue weighted by molar-refractivity contribution is 6.15. The van der Waals surface area contributed by atoms with Crippen molar-refractivity contribution < 1.29 is 4.42 Å². The predicted molar refractivity (Wildman–Crippen MR) is 87.5 cm³/mol. The minimum atomic E-state index is 0.716. The molecule has 20 heavy (non-hydrogen) atoms. The fraction of sp³-hybridized carbons (Fsp3) is 0.111. The zero-order chi connectivity index (χ0) is 14.4. The Hall–Kier alpha value is -2.48. The smallest absolute Gasteiger partial charge is 0.145 e. The summed E-state index contributed by atoms with van der Waals surface area (Å²) in [6, 6.07) is 9.90. The van der Waals surface area contributed by atoms with Crippen LogP contribution in [-0.4, -0.2) is 0 Å². The fourth-order valence-corrected chi connectivity index (χ4v) is 2.69. The van der Waals surface area contributed by atoms with E-state index < -0.39 is 0 Å². The summed E-state index contributed by atoms with van der Waals surface area (Å²) < 4.78 is 6.03. The van der Waals surface area contributed by atoms with Gasteiger partial charge in [0.05, 0.1) is 5.39 Å². The van der Waals surface area contributed by atoms with Crippen molar-refractivity contribution in [2.45, 2.75) is 13.8 Å². The van der Waals surface area contributed by atoms with Gasteiger partial charge in [-0.2, -0.15) is 0 Å². The summed E-state index contributed by atoms with van der Waals surface area (Å²) in [5.74, 6) is 0. The predicted octanol–water partition coefficient (Wildman–Crippen LogP) is 5.23. The first kappa shape index (κ1) is 12.5. The third kappa shape index (κ3) is 1.65. The van der Waals surface area contributed by atoms with E-state index in [9.17, 15) is 0 Å². The molecular weight excluding hydrogens is 246 g/mol. The molecule has 0 fully saturated rings. The monoisotopic (exact) mass is 263 g/mol. The molecule has 2 nitrogen and oxygen atoms in total. The van der Waals surface area contributed by atoms with Gasteiger partial charge in [-0.05, 0) is 37.1 Å². The Morgan fingerprint density at radius 2 is 1.80 bits per heavy atom. The lowest BCUT2D eigenvalue weighted by Crippen LogP contribution is -1.94. The molecule has 3 aromatic rings. The van der Waals surface area contributed by atoms with Gasteiger partial charge in [-0.1, -0.05) is 36.9 Å². The molecule has 0 amide bonds. The molecule has 0 saturated carbocycles. The van der Waals surface area contributed by atoms with Crippen LogP contribution in [0.5, 0.6) is 0 Å². The van der Waals surface area contributed by atoms with Crippen LogP contribution >= 0.6 is 0 Å². The molecule has 1 heterocycles. The summed E-state index contributed by atoms with van der Waals surface area (Å²) in [6.07, 6.45) is 0. The van der Waals surface area contributed by atoms with E-state index in [2.05, 4.69) is 13.2 Å². The van der Waals surface area contributed by atoms with Crippen LogP contribution < -0.4 is 5.73 Å². The van der Waals surface area contributed by atoms with Gasteiger partial charge in [-0.15, -0.1) is 0 Å². The van der Waals surface area contributed by atoms with Crippen LogP contribution in [0.2, 0.25) is 0 Å². The lowest BCUT2D eigenvalue weighted by Gasteiger charge is -2.11. The third-order valence-corrected chi connectivity index (χ3v) is 3.57. The number of allylic oxidation sites excluding steroid dienone is 2. The van der Waals surface area contributed by atoms with Crippen molar-refractivity contribution in [3.63, 3.8) is 0 Å². The van der Waals surface area contributed by atoms with E-state index >= 15 is 0 Å². The number of nitrogen functional groups attached to an aromatic ring is 1. The maximum absolute atomic E-state index is 6.24. The maximum Gasteiger partial charge on any atom is 0.145 e. The van der Waals surface area contributed by atoms with Gasteiger partial charge in [0.2, 0.25) is 0 Å². The van der Waals surface area contributed by atoms with Gasteiger partial charge >= 0.3 is 0 Å². The average molecular weight is 263 g/mol. The number of nitrogens with two attached hydrogens (primary N) is 1. The molecule has 0 bridgehead atoms. The third-order valence-electron chi connectivity index (χ3n) is 3.57. The Bertz CT molecular complexity index is 868. The number of hydrogen-bond donors (Lipinski definition) is 1. The highest BCUT2D eigenvalue weighted by Crippen LogP contribution is 2.40. The van der Waals surface area contributed by atoms with Crippen LogP contribution in [0.4, 0.5) is 5.69 Å². The summed E-state index contributed by atoms with van der Waals surface area (Å²) in [6.45, 7) is 12.1. The van der Waals surface area contributed by atoms with E-state index in [1.807, 2.05) is 44.2 Å². The van der Waals surface area contributed by atoms with Crippen LogP contribution in [0.1, 0.15) is 25.0 Å². The van der Waals surface area contributed by atoms with Crippen LogP contribution in [0.3, 0.4) is 0 Å². The van der Waals surface area contributed by atoms with Crippen molar-refractivity contribution >= 4 is 38.8 Å². The van der Waals surface area contributed by atoms with Crippen molar-refractivity contribution in [1.82, 2.24) is 0 Å². The number of anilines is 1. The van der Waals surface area contributed by atoms with Crippen molar-refractivity contribution in [1.29, 1.82) is 0 Å². The molecule has 3 rings (SSSR count). The van der Waals surface area contributed by atoms with Gasteiger partial charge in [0, 0.05) is 16.6 Å². The molecule has 0 unspecified atom stereocenters. The first-order valence-corrected chi connectivity index (χ1v) is 6.56. The Morgan fingerprint density at radius 3 is 2.45 bits per heavy atom. The van der Waals surface area contributed by atoms with Crippen LogP contribution in [0, 0.1) is 0 Å². The molecule has 2 aromatic carbocycles. The second-order valence-corrected chi connectivity index (χ2v) is 5.25. The van der Waals surface area contributed by atoms with Crippen molar-refractivity contribution in [3.8, 4) is 0 Å². The van der Waals surface area contributed by atoms with E-state index in [0.717, 1.165) is 44.2 Å². The number of benzene rings is 2. The second-order valence-electron chi connectivity index (χ2n) is 5.25. The molecule has 0 saturated heterocycles. The first-order valence-electron chi connectivity index (χ1n) is 6.56. The molecule has 0 aliphatic heterocycles. The first-order chi connectivity index (χ1) is 9.50. The highest BCUT2D eigenvalue weighted by atomic mass is 16.3. The van der Waals surface area contributed by atoms with Gasteiger partial charge < -0.3 is 10.2 Å². The number of fused-ring (bicyclic) bond motifs is 3. The Labute approximate surface area is 118 Å². The van der Waals surface area contributed by atoms with E-state index in [0.29, 0.717) is 5.69 Å². The van der Waals surface area contributed by atoms with Crippen LogP contribution in [0.25, 0.3) is 33.1 Å². The highest BCUT2D eigenvalue weighted by Gasteiger charge is 2.18. The zero-order valence-electron chi connectivity index (χ0n) is 11.8. The SMILES string of the molecule is C=C(C)c1cc(N)c2c(oc3ccccc32)c1C(=C)C. The van der Waals surface area contributed by atoms with Crippen LogP contribution in [0.15, 0.2) is 47.9 Å². The molecule has 2 N–H and O–H groups in total. The minimum absolute atomic E-state index is 0.716. The maximum atomic E-state index is 6.24. The van der Waals surface area contributed by atoms with E-state index in [4.69, 9.17) is 10.2 Å². The van der Waals surface area contributed by atoms with Gasteiger partial charge in [0.1, 0.15) is 11.2 Å². The number of rotatable bonds is 2. The summed E-state index contributed by atoms with van der Waals surface area (Å²) in [5.41, 5.74) is 12.5. The topological polar surface area (TPSA) is 39.2 Å². The summed E-state index contributed by atoms with van der Waals surface area (Å²) >= 11 is 0. The zero-order valence-corrected chi connectivity index (χ0v) is 11.8. The van der Waals surface area contributed by atoms with Crippen LogP contribution in [-0.2, 0) is 0 Å². The van der Waals surface area contributed by atoms with Crippen molar-refractivity contribution in [2.75, 3.05) is 5.73 Å². The van der Waals surface area contributed by atoms with Gasteiger partial charge in [0.15, 0.2) is 0 Å². The molecule has 1 aromatic heterocycles. The van der Waals surface area contributed by atoms with Gasteiger partial charge in [-0.3, -0.25) is 0 Å². The van der Waals surface area contributed by atoms with Crippen molar-refractivity contribution in [3.05, 3.63) is 54.6 Å². The lowest BCUT2D eigenvalue weighted by molar-refractivity contribution is 0.667. The summed E-state index contributed by atoms with van der Waals surface area (Å²) in [5, 5.41) is 2.00. The van der Waals surface area contributed by atoms with E-state index in [1.165, 1.54) is 0 Å². The minimum Gasteiger partial charge on any atom is -0.455 e. The standard InChI is InChI=1S/C18H17NO/c1-10(2)13-9-14(19)17-12-7-5-6-8-15(12)20-18(17)16(13)11(3)4/h5-9H,1,3,19H2,2,4H3. The average Bonchev–Trinajstić information content (AvgIpc) is 2.77. The normalized spacial score (nSPS) is 11.1. The Morgan fingerprint density at radius 1 is 1.10 bits per heavy atom. The lowest BCUT2D eigenvalue weighted by atomic mass is 9.93. The molecule has 0 aliphatic carbocycles. The quantitative estimate of drug-likeness (QED) is 0.642. The molecular formula is C18H17NO. The molecule has 0 atom stereocenters. The van der Waals surface area contributed by atoms with Crippen molar-refractivity contribution in [2.24, 2.45) is 0 Å². The van der Waals surface area contributed by atoms with E-state index in [1.54, 1.807) is 0 Å². The largest absolute Gasteiger partial charge is 0.455 e. The van der Waals surface area contributed by atoms with Gasteiger partial charge in [0.25, 0.3) is 0 Å². The number of furan rings is 1. The number of para-hydroxylation sites is 1. The number of hydrogen-bond acceptors (Lipinski definition) is 2. The Kier molecular flexibility index (Phi) is 2.68. The van der Waals surface area contributed by atoms with E-state index in [-0.39, 0.29) is 0 Å². The fourth-order valence-electron chi connectivity index (χ4n) is 2.69. The molecule has 0 radical (unpaired) electrons. The molecule has 0 aliphatic rings. The molecule has 0 spiro atoms. The molecule has 100 valence electrons. The summed E-state index contributed by atoms with van der Waals surface area (Å²) in [7, 11) is 0.